The molecule has 1 aliphatic carbocycles. The molecule has 2 aliphatic rings. The van der Waals surface area contributed by atoms with Gasteiger partial charge < -0.3 is 10.6 Å². The average molecular weight is 362 g/mol. The summed E-state index contributed by atoms with van der Waals surface area (Å²) in [4.78, 5) is 27.1. The Labute approximate surface area is 142 Å². The van der Waals surface area contributed by atoms with Crippen LogP contribution in [0.4, 0.5) is 10.6 Å². The third-order valence-electron chi connectivity index (χ3n) is 3.80. The van der Waals surface area contributed by atoms with Crippen LogP contribution in [0.5, 0.6) is 0 Å². The maximum atomic E-state index is 11.9. The van der Waals surface area contributed by atoms with Gasteiger partial charge in [-0.25, -0.2) is 18.2 Å². The van der Waals surface area contributed by atoms with E-state index in [0.29, 0.717) is 11.4 Å². The SMILES string of the molecule is CS(=O)(=O)c1cc(NC2CC2)n2ncc(/C=C3\NC(=O)NC3=O)c2n1. The van der Waals surface area contributed by atoms with Crippen molar-refractivity contribution in [3.8, 4) is 0 Å². The summed E-state index contributed by atoms with van der Waals surface area (Å²) >= 11 is 0. The van der Waals surface area contributed by atoms with Crippen molar-refractivity contribution in [1.29, 1.82) is 0 Å². The summed E-state index contributed by atoms with van der Waals surface area (Å²) in [6.45, 7) is 0. The molecule has 1 aliphatic heterocycles. The van der Waals surface area contributed by atoms with Crippen molar-refractivity contribution in [1.82, 2.24) is 25.2 Å². The Bertz CT molecular complexity index is 1050. The summed E-state index contributed by atoms with van der Waals surface area (Å²) in [5, 5.41) is 11.8. The Morgan fingerprint density at radius 2 is 2.08 bits per heavy atom. The number of hydrogen-bond donors (Lipinski definition) is 3. The first-order chi connectivity index (χ1) is 11.8. The summed E-state index contributed by atoms with van der Waals surface area (Å²) in [7, 11) is -3.54. The molecule has 3 heterocycles. The number of hydrogen-bond acceptors (Lipinski definition) is 7. The fraction of sp³-hybridized carbons (Fsp3) is 0.286. The molecule has 0 atom stereocenters. The number of aromatic nitrogens is 3. The molecule has 130 valence electrons. The number of carbonyl (C=O) groups excluding carboxylic acids is 2. The second-order valence-electron chi connectivity index (χ2n) is 5.97. The van der Waals surface area contributed by atoms with E-state index in [4.69, 9.17) is 0 Å². The van der Waals surface area contributed by atoms with Gasteiger partial charge in [-0.1, -0.05) is 0 Å². The van der Waals surface area contributed by atoms with Crippen molar-refractivity contribution in [2.75, 3.05) is 11.6 Å². The fourth-order valence-corrected chi connectivity index (χ4v) is 3.00. The third-order valence-corrected chi connectivity index (χ3v) is 4.77. The monoisotopic (exact) mass is 362 g/mol. The van der Waals surface area contributed by atoms with Crippen LogP contribution in [0.25, 0.3) is 11.7 Å². The lowest BCUT2D eigenvalue weighted by Crippen LogP contribution is -2.22. The highest BCUT2D eigenvalue weighted by Gasteiger charge is 2.26. The average Bonchev–Trinajstić information content (AvgIpc) is 3.15. The predicted molar refractivity (Wildman–Crippen MR) is 87.4 cm³/mol. The molecular weight excluding hydrogens is 348 g/mol. The molecule has 4 rings (SSSR count). The van der Waals surface area contributed by atoms with Crippen LogP contribution in [-0.2, 0) is 14.6 Å². The molecule has 0 aromatic carbocycles. The van der Waals surface area contributed by atoms with E-state index in [1.54, 1.807) is 0 Å². The Hall–Kier alpha value is -2.95. The van der Waals surface area contributed by atoms with Gasteiger partial charge in [0, 0.05) is 23.9 Å². The number of imide groups is 1. The van der Waals surface area contributed by atoms with E-state index in [2.05, 4.69) is 26.0 Å². The van der Waals surface area contributed by atoms with E-state index in [1.807, 2.05) is 0 Å². The van der Waals surface area contributed by atoms with Gasteiger partial charge in [0.15, 0.2) is 20.5 Å². The Morgan fingerprint density at radius 1 is 1.32 bits per heavy atom. The lowest BCUT2D eigenvalue weighted by Gasteiger charge is -2.09. The molecule has 0 bridgehead atoms. The first-order valence-electron chi connectivity index (χ1n) is 7.51. The number of nitrogens with one attached hydrogen (secondary N) is 3. The molecule has 11 heteroatoms. The number of anilines is 1. The van der Waals surface area contributed by atoms with Crippen LogP contribution in [0.15, 0.2) is 23.0 Å². The molecular formula is C14H14N6O4S. The lowest BCUT2D eigenvalue weighted by atomic mass is 10.2. The van der Waals surface area contributed by atoms with Gasteiger partial charge in [-0.2, -0.15) is 9.61 Å². The minimum Gasteiger partial charge on any atom is -0.367 e. The summed E-state index contributed by atoms with van der Waals surface area (Å²) < 4.78 is 25.4. The number of urea groups is 1. The molecule has 3 N–H and O–H groups in total. The predicted octanol–water partition coefficient (Wildman–Crippen LogP) is -0.113. The van der Waals surface area contributed by atoms with E-state index in [1.165, 1.54) is 22.9 Å². The van der Waals surface area contributed by atoms with E-state index < -0.39 is 21.8 Å². The largest absolute Gasteiger partial charge is 0.367 e. The molecule has 25 heavy (non-hydrogen) atoms. The molecule has 10 nitrogen and oxygen atoms in total. The summed E-state index contributed by atoms with van der Waals surface area (Å²) in [5.74, 6) is -0.0579. The molecule has 2 aromatic rings. The Morgan fingerprint density at radius 3 is 2.68 bits per heavy atom. The van der Waals surface area contributed by atoms with Gasteiger partial charge in [0.1, 0.15) is 11.5 Å². The summed E-state index contributed by atoms with van der Waals surface area (Å²) in [6, 6.07) is 1.10. The lowest BCUT2D eigenvalue weighted by molar-refractivity contribution is -0.115. The maximum absolute atomic E-state index is 11.9. The second-order valence-corrected chi connectivity index (χ2v) is 7.93. The van der Waals surface area contributed by atoms with Crippen LogP contribution in [0.2, 0.25) is 0 Å². The van der Waals surface area contributed by atoms with Crippen LogP contribution in [-0.4, -0.2) is 47.3 Å². The summed E-state index contributed by atoms with van der Waals surface area (Å²) in [6.07, 6.45) is 5.94. The van der Waals surface area contributed by atoms with Crippen molar-refractivity contribution in [3.05, 3.63) is 23.5 Å². The first kappa shape index (κ1) is 15.6. The smallest absolute Gasteiger partial charge is 0.326 e. The van der Waals surface area contributed by atoms with Gasteiger partial charge in [-0.05, 0) is 18.9 Å². The quantitative estimate of drug-likeness (QED) is 0.392. The minimum absolute atomic E-state index is 0.0446. The van der Waals surface area contributed by atoms with Crippen molar-refractivity contribution in [3.63, 3.8) is 0 Å². The highest BCUT2D eigenvalue weighted by Crippen LogP contribution is 2.27. The van der Waals surface area contributed by atoms with Gasteiger partial charge in [-0.3, -0.25) is 10.1 Å². The topological polar surface area (TPSA) is 135 Å². The molecule has 0 spiro atoms. The Kier molecular flexibility index (Phi) is 3.29. The van der Waals surface area contributed by atoms with Gasteiger partial charge >= 0.3 is 6.03 Å². The van der Waals surface area contributed by atoms with E-state index in [0.717, 1.165) is 19.1 Å². The van der Waals surface area contributed by atoms with Crippen molar-refractivity contribution in [2.45, 2.75) is 23.9 Å². The van der Waals surface area contributed by atoms with Crippen molar-refractivity contribution in [2.24, 2.45) is 0 Å². The number of nitrogens with zero attached hydrogens (tertiary/aromatic N) is 3. The van der Waals surface area contributed by atoms with Gasteiger partial charge in [0.25, 0.3) is 5.91 Å². The van der Waals surface area contributed by atoms with Crippen LogP contribution in [0.3, 0.4) is 0 Å². The second kappa shape index (κ2) is 5.28. The molecule has 2 aromatic heterocycles. The zero-order chi connectivity index (χ0) is 17.8. The zero-order valence-electron chi connectivity index (χ0n) is 13.1. The zero-order valence-corrected chi connectivity index (χ0v) is 13.9. The van der Waals surface area contributed by atoms with Crippen LogP contribution in [0.1, 0.15) is 18.4 Å². The van der Waals surface area contributed by atoms with E-state index in [-0.39, 0.29) is 22.4 Å². The normalized spacial score (nSPS) is 19.3. The molecule has 1 saturated heterocycles. The number of sulfone groups is 1. The van der Waals surface area contributed by atoms with Gasteiger partial charge in [0.2, 0.25) is 0 Å². The Balaban J connectivity index is 1.87. The fourth-order valence-electron chi connectivity index (χ4n) is 2.43. The molecule has 2 fully saturated rings. The molecule has 0 radical (unpaired) electrons. The third kappa shape index (κ3) is 2.93. The maximum Gasteiger partial charge on any atom is 0.326 e. The first-order valence-corrected chi connectivity index (χ1v) is 9.40. The standard InChI is InChI=1S/C14H14N6O4S/c1-25(23,24)11-5-10(16-8-2-3-8)20-12(18-11)7(6-15-20)4-9-13(21)19-14(22)17-9/h4-6,8,16H,2-3H2,1H3,(H2,17,19,21,22)/b9-4-. The minimum atomic E-state index is -3.54. The van der Waals surface area contributed by atoms with E-state index in [9.17, 15) is 18.0 Å². The van der Waals surface area contributed by atoms with Crippen LogP contribution >= 0.6 is 0 Å². The summed E-state index contributed by atoms with van der Waals surface area (Å²) in [5.41, 5.74) is 0.729. The highest BCUT2D eigenvalue weighted by atomic mass is 32.2. The number of fused-ring (bicyclic) bond motifs is 1. The van der Waals surface area contributed by atoms with Gasteiger partial charge in [0.05, 0.1) is 6.20 Å². The van der Waals surface area contributed by atoms with Crippen molar-refractivity contribution < 1.29 is 18.0 Å². The molecule has 0 unspecified atom stereocenters. The molecule has 1 saturated carbocycles. The number of rotatable bonds is 4. The van der Waals surface area contributed by atoms with Crippen LogP contribution in [0, 0.1) is 0 Å². The molecule has 3 amide bonds. The number of carbonyl (C=O) groups is 2. The van der Waals surface area contributed by atoms with Crippen LogP contribution < -0.4 is 16.0 Å². The van der Waals surface area contributed by atoms with E-state index >= 15 is 0 Å². The van der Waals surface area contributed by atoms with Crippen molar-refractivity contribution >= 4 is 39.3 Å². The van der Waals surface area contributed by atoms with Gasteiger partial charge in [-0.15, -0.1) is 0 Å². The number of amides is 3. The highest BCUT2D eigenvalue weighted by molar-refractivity contribution is 7.90.